The van der Waals surface area contributed by atoms with Crippen molar-refractivity contribution in [2.75, 3.05) is 5.32 Å². The molecule has 20 heavy (non-hydrogen) atoms. The molecule has 0 bridgehead atoms. The molecule has 5 heteroatoms. The second-order valence-electron chi connectivity index (χ2n) is 4.51. The summed E-state index contributed by atoms with van der Waals surface area (Å²) in [6.45, 7) is 4.81. The summed E-state index contributed by atoms with van der Waals surface area (Å²) < 4.78 is 0. The number of halogens is 1. The molecular weight excluding hydrogens is 294 g/mol. The molecule has 0 saturated heterocycles. The molecule has 0 fully saturated rings. The molecule has 3 nitrogen and oxygen atoms in total. The van der Waals surface area contributed by atoms with Gasteiger partial charge in [0.05, 0.1) is 5.92 Å². The third kappa shape index (κ3) is 4.87. The Bertz CT molecular complexity index is 550. The zero-order valence-corrected chi connectivity index (χ0v) is 13.1. The van der Waals surface area contributed by atoms with E-state index in [2.05, 4.69) is 5.32 Å². The molecular formula is C15H16ClNO2S. The van der Waals surface area contributed by atoms with E-state index in [1.807, 2.05) is 0 Å². The fourth-order valence-electron chi connectivity index (χ4n) is 1.61. The van der Waals surface area contributed by atoms with Gasteiger partial charge in [-0.1, -0.05) is 29.9 Å². The van der Waals surface area contributed by atoms with Gasteiger partial charge in [-0.25, -0.2) is 0 Å². The molecule has 1 N–H and O–H groups in total. The number of hydrogen-bond donors (Lipinski definition) is 1. The minimum Gasteiger partial charge on any atom is -0.322 e. The number of rotatable bonds is 5. The lowest BCUT2D eigenvalue weighted by Crippen LogP contribution is -2.19. The summed E-state index contributed by atoms with van der Waals surface area (Å²) in [6, 6.07) is 6.80. The van der Waals surface area contributed by atoms with Crippen LogP contribution in [0, 0.1) is 5.92 Å². The summed E-state index contributed by atoms with van der Waals surface area (Å²) in [6.07, 6.45) is 1.59. The second kappa shape index (κ2) is 7.31. The van der Waals surface area contributed by atoms with Gasteiger partial charge >= 0.3 is 0 Å². The molecule has 1 rings (SSSR count). The summed E-state index contributed by atoms with van der Waals surface area (Å²) in [4.78, 5) is 24.0. The highest BCUT2D eigenvalue weighted by molar-refractivity contribution is 7.80. The zero-order valence-electron chi connectivity index (χ0n) is 11.6. The maximum atomic E-state index is 12.0. The molecule has 0 aliphatic heterocycles. The molecule has 1 unspecified atom stereocenters. The molecule has 0 aliphatic rings. The highest BCUT2D eigenvalue weighted by atomic mass is 35.5. The molecule has 0 saturated carbocycles. The highest BCUT2D eigenvalue weighted by Crippen LogP contribution is 2.15. The van der Waals surface area contributed by atoms with Gasteiger partial charge in [-0.15, -0.1) is 0 Å². The molecule has 1 amide bonds. The molecule has 0 heterocycles. The third-order valence-corrected chi connectivity index (χ3v) is 3.26. The molecule has 0 aliphatic carbocycles. The predicted molar refractivity (Wildman–Crippen MR) is 86.3 cm³/mol. The Labute approximate surface area is 129 Å². The van der Waals surface area contributed by atoms with Gasteiger partial charge in [0, 0.05) is 21.1 Å². The van der Waals surface area contributed by atoms with Crippen LogP contribution in [0.3, 0.4) is 0 Å². The standard InChI is InChI=1S/C15H16ClNO2S/c1-9(8-14(10(2)18)11(3)20)15(19)17-13-6-4-12(16)5-7-13/h4-8,14H,1-3H3,(H,17,19)/b9-8-. The van der Waals surface area contributed by atoms with Crippen LogP contribution in [-0.4, -0.2) is 16.6 Å². The lowest BCUT2D eigenvalue weighted by Gasteiger charge is -2.10. The Balaban J connectivity index is 2.83. The van der Waals surface area contributed by atoms with E-state index in [-0.39, 0.29) is 11.7 Å². The average Bonchev–Trinajstić information content (AvgIpc) is 2.37. The van der Waals surface area contributed by atoms with Gasteiger partial charge in [-0.05, 0) is 45.0 Å². The normalized spacial score (nSPS) is 12.7. The number of allylic oxidation sites excluding steroid dienone is 1. The molecule has 1 aromatic rings. The lowest BCUT2D eigenvalue weighted by molar-refractivity contribution is -0.117. The van der Waals surface area contributed by atoms with E-state index in [0.29, 0.717) is 21.1 Å². The minimum absolute atomic E-state index is 0.0730. The van der Waals surface area contributed by atoms with E-state index in [0.717, 1.165) is 0 Å². The smallest absolute Gasteiger partial charge is 0.251 e. The van der Waals surface area contributed by atoms with Gasteiger partial charge in [0.25, 0.3) is 5.91 Å². The summed E-state index contributed by atoms with van der Waals surface area (Å²) in [5.74, 6) is -0.841. The van der Waals surface area contributed by atoms with Crippen molar-refractivity contribution in [2.24, 2.45) is 5.92 Å². The fraction of sp³-hybridized carbons (Fsp3) is 0.267. The minimum atomic E-state index is -0.499. The van der Waals surface area contributed by atoms with Crippen molar-refractivity contribution in [1.82, 2.24) is 0 Å². The van der Waals surface area contributed by atoms with Crippen LogP contribution >= 0.6 is 23.8 Å². The van der Waals surface area contributed by atoms with Gasteiger partial charge in [0.2, 0.25) is 0 Å². The molecule has 1 atom stereocenters. The number of hydrogen-bond acceptors (Lipinski definition) is 3. The number of thiocarbonyl (C=S) groups is 1. The van der Waals surface area contributed by atoms with Gasteiger partial charge in [0.1, 0.15) is 5.78 Å². The molecule has 106 valence electrons. The summed E-state index contributed by atoms with van der Waals surface area (Å²) >= 11 is 10.8. The first kappa shape index (κ1) is 16.5. The lowest BCUT2D eigenvalue weighted by atomic mass is 9.99. The maximum absolute atomic E-state index is 12.0. The highest BCUT2D eigenvalue weighted by Gasteiger charge is 2.15. The monoisotopic (exact) mass is 309 g/mol. The van der Waals surface area contributed by atoms with E-state index in [1.165, 1.54) is 6.92 Å². The van der Waals surface area contributed by atoms with Crippen LogP contribution in [0.15, 0.2) is 35.9 Å². The number of amides is 1. The SMILES string of the molecule is CC(=O)C(/C=C(/C)C(=O)Nc1ccc(Cl)cc1)C(C)=S. The summed E-state index contributed by atoms with van der Waals surface area (Å²) in [7, 11) is 0. The van der Waals surface area contributed by atoms with Crippen LogP contribution in [0.25, 0.3) is 0 Å². The number of Topliss-reactive ketones (excluding diaryl/α,β-unsaturated/α-hetero) is 1. The van der Waals surface area contributed by atoms with Crippen molar-refractivity contribution in [1.29, 1.82) is 0 Å². The maximum Gasteiger partial charge on any atom is 0.251 e. The Hall–Kier alpha value is -1.52. The van der Waals surface area contributed by atoms with Crippen molar-refractivity contribution < 1.29 is 9.59 Å². The van der Waals surface area contributed by atoms with Crippen LogP contribution in [0.2, 0.25) is 5.02 Å². The average molecular weight is 310 g/mol. The van der Waals surface area contributed by atoms with E-state index in [1.54, 1.807) is 44.2 Å². The molecule has 0 radical (unpaired) electrons. The summed E-state index contributed by atoms with van der Waals surface area (Å²) in [5, 5.41) is 3.33. The van der Waals surface area contributed by atoms with E-state index >= 15 is 0 Å². The Kier molecular flexibility index (Phi) is 6.05. The van der Waals surface area contributed by atoms with Gasteiger partial charge in [-0.2, -0.15) is 0 Å². The Morgan fingerprint density at radius 3 is 2.20 bits per heavy atom. The van der Waals surface area contributed by atoms with E-state index < -0.39 is 5.92 Å². The van der Waals surface area contributed by atoms with Crippen molar-refractivity contribution in [2.45, 2.75) is 20.8 Å². The Morgan fingerprint density at radius 2 is 1.75 bits per heavy atom. The quantitative estimate of drug-likeness (QED) is 0.664. The number of nitrogens with one attached hydrogen (secondary N) is 1. The largest absolute Gasteiger partial charge is 0.322 e. The van der Waals surface area contributed by atoms with E-state index in [9.17, 15) is 9.59 Å². The molecule has 1 aromatic carbocycles. The fourth-order valence-corrected chi connectivity index (χ4v) is 1.97. The number of anilines is 1. The zero-order chi connectivity index (χ0) is 15.3. The number of benzene rings is 1. The van der Waals surface area contributed by atoms with Crippen molar-refractivity contribution in [3.8, 4) is 0 Å². The summed E-state index contributed by atoms with van der Waals surface area (Å²) in [5.41, 5.74) is 1.09. The topological polar surface area (TPSA) is 46.2 Å². The van der Waals surface area contributed by atoms with Crippen LogP contribution < -0.4 is 5.32 Å². The van der Waals surface area contributed by atoms with Crippen molar-refractivity contribution in [3.63, 3.8) is 0 Å². The van der Waals surface area contributed by atoms with Crippen LogP contribution in [-0.2, 0) is 9.59 Å². The molecule has 0 spiro atoms. The first-order valence-corrected chi connectivity index (χ1v) is 6.86. The predicted octanol–water partition coefficient (Wildman–Crippen LogP) is 3.82. The van der Waals surface area contributed by atoms with Gasteiger partial charge in [0.15, 0.2) is 0 Å². The van der Waals surface area contributed by atoms with E-state index in [4.69, 9.17) is 23.8 Å². The third-order valence-electron chi connectivity index (χ3n) is 2.75. The van der Waals surface area contributed by atoms with Gasteiger partial charge < -0.3 is 5.32 Å². The first-order valence-electron chi connectivity index (χ1n) is 6.07. The number of ketones is 1. The van der Waals surface area contributed by atoms with Crippen LogP contribution in [0.4, 0.5) is 5.69 Å². The van der Waals surface area contributed by atoms with Crippen LogP contribution in [0.1, 0.15) is 20.8 Å². The number of carbonyl (C=O) groups excluding carboxylic acids is 2. The van der Waals surface area contributed by atoms with Gasteiger partial charge in [-0.3, -0.25) is 9.59 Å². The van der Waals surface area contributed by atoms with Crippen molar-refractivity contribution in [3.05, 3.63) is 40.9 Å². The van der Waals surface area contributed by atoms with Crippen molar-refractivity contribution >= 4 is 46.1 Å². The Morgan fingerprint density at radius 1 is 1.20 bits per heavy atom. The second-order valence-corrected chi connectivity index (χ2v) is 5.59. The first-order chi connectivity index (χ1) is 9.31. The number of carbonyl (C=O) groups is 2. The van der Waals surface area contributed by atoms with Crippen LogP contribution in [0.5, 0.6) is 0 Å². The molecule has 0 aromatic heterocycles.